The van der Waals surface area contributed by atoms with Crippen molar-refractivity contribution in [3.63, 3.8) is 0 Å². The van der Waals surface area contributed by atoms with Crippen LogP contribution in [0.25, 0.3) is 11.3 Å². The van der Waals surface area contributed by atoms with E-state index in [0.717, 1.165) is 29.8 Å². The first-order chi connectivity index (χ1) is 15.6. The lowest BCUT2D eigenvalue weighted by Gasteiger charge is -2.32. The number of aryl methyl sites for hydroxylation is 1. The Kier molecular flexibility index (Phi) is 7.35. The zero-order valence-corrected chi connectivity index (χ0v) is 19.0. The number of allylic oxidation sites excluding steroid dienone is 1. The first-order valence-corrected chi connectivity index (χ1v) is 11.9. The predicted octanol–water partition coefficient (Wildman–Crippen LogP) is 4.92. The fraction of sp³-hybridized carbons (Fsp3) is 0.444. The smallest absolute Gasteiger partial charge is 0.256 e. The number of pyridine rings is 1. The molecular weight excluding hydrogens is 398 g/mol. The van der Waals surface area contributed by atoms with Gasteiger partial charge in [0.25, 0.3) is 5.91 Å². The molecule has 0 saturated carbocycles. The van der Waals surface area contributed by atoms with Crippen LogP contribution in [-0.2, 0) is 4.79 Å². The lowest BCUT2D eigenvalue weighted by Crippen LogP contribution is -2.43. The molecular formula is C27H33N3O2. The third-order valence-electron chi connectivity index (χ3n) is 6.72. The Labute approximate surface area is 190 Å². The van der Waals surface area contributed by atoms with Gasteiger partial charge in [0, 0.05) is 37.3 Å². The number of likely N-dealkylation sites (tertiary alicyclic amines) is 1. The van der Waals surface area contributed by atoms with Crippen LogP contribution in [0.3, 0.4) is 0 Å². The van der Waals surface area contributed by atoms with Crippen molar-refractivity contribution < 1.29 is 9.59 Å². The van der Waals surface area contributed by atoms with E-state index in [0.29, 0.717) is 31.5 Å². The highest BCUT2D eigenvalue weighted by Gasteiger charge is 2.29. The summed E-state index contributed by atoms with van der Waals surface area (Å²) in [4.78, 5) is 32.3. The second kappa shape index (κ2) is 10.6. The maximum atomic E-state index is 13.3. The summed E-state index contributed by atoms with van der Waals surface area (Å²) < 4.78 is 0. The minimum Gasteiger partial charge on any atom is -0.356 e. The number of hydrogen-bond donors (Lipinski definition) is 1. The summed E-state index contributed by atoms with van der Waals surface area (Å²) in [5, 5.41) is 3.12. The van der Waals surface area contributed by atoms with Crippen LogP contribution in [0.15, 0.2) is 54.2 Å². The second-order valence-electron chi connectivity index (χ2n) is 8.93. The molecule has 0 bridgehead atoms. The van der Waals surface area contributed by atoms with Gasteiger partial charge in [0.05, 0.1) is 11.3 Å². The minimum atomic E-state index is -0.0101. The molecule has 168 valence electrons. The van der Waals surface area contributed by atoms with Gasteiger partial charge in [-0.25, -0.2) is 0 Å². The minimum absolute atomic E-state index is 0.000512. The van der Waals surface area contributed by atoms with Gasteiger partial charge < -0.3 is 10.2 Å². The quantitative estimate of drug-likeness (QED) is 0.661. The van der Waals surface area contributed by atoms with Crippen molar-refractivity contribution in [3.05, 3.63) is 65.4 Å². The highest BCUT2D eigenvalue weighted by Crippen LogP contribution is 2.27. The molecule has 0 atom stereocenters. The number of aromatic nitrogens is 1. The van der Waals surface area contributed by atoms with E-state index in [9.17, 15) is 9.59 Å². The van der Waals surface area contributed by atoms with Gasteiger partial charge in [-0.05, 0) is 69.6 Å². The Balaban J connectivity index is 1.33. The molecule has 5 heteroatoms. The molecule has 2 heterocycles. The number of carbonyl (C=O) groups excluding carboxylic acids is 2. The molecule has 1 N–H and O–H groups in total. The number of carbonyl (C=O) groups is 2. The normalized spacial score (nSPS) is 17.0. The van der Waals surface area contributed by atoms with E-state index >= 15 is 0 Å². The van der Waals surface area contributed by atoms with E-state index in [2.05, 4.69) is 16.4 Å². The third-order valence-corrected chi connectivity index (χ3v) is 6.72. The second-order valence-corrected chi connectivity index (χ2v) is 8.93. The maximum absolute atomic E-state index is 13.3. The van der Waals surface area contributed by atoms with Gasteiger partial charge in [-0.2, -0.15) is 0 Å². The highest BCUT2D eigenvalue weighted by atomic mass is 16.2. The average molecular weight is 432 g/mol. The van der Waals surface area contributed by atoms with Gasteiger partial charge in [0.1, 0.15) is 0 Å². The molecule has 32 heavy (non-hydrogen) atoms. The van der Waals surface area contributed by atoms with Crippen molar-refractivity contribution >= 4 is 11.8 Å². The van der Waals surface area contributed by atoms with Crippen molar-refractivity contribution in [3.8, 4) is 11.3 Å². The van der Waals surface area contributed by atoms with Gasteiger partial charge in [-0.15, -0.1) is 0 Å². The summed E-state index contributed by atoms with van der Waals surface area (Å²) in [5.74, 6) is 0.124. The van der Waals surface area contributed by atoms with Crippen molar-refractivity contribution in [2.75, 3.05) is 19.6 Å². The van der Waals surface area contributed by atoms with E-state index in [1.54, 1.807) is 6.20 Å². The lowest BCUT2D eigenvalue weighted by atomic mass is 9.94. The number of amides is 2. The standard InChI is InChI=1S/C27H33N3O2/c1-20-8-5-6-11-23(20)25-24(12-7-16-28-25)27(32)30-18-14-22(15-19-30)26(31)29-17-13-21-9-3-2-4-10-21/h5-9,11-12,16,22H,2-4,10,13-15,17-19H2,1H3,(H,29,31). The molecule has 0 unspecified atom stereocenters. The molecule has 2 aromatic rings. The Morgan fingerprint density at radius 3 is 2.66 bits per heavy atom. The average Bonchev–Trinajstić information content (AvgIpc) is 2.85. The summed E-state index contributed by atoms with van der Waals surface area (Å²) in [7, 11) is 0. The summed E-state index contributed by atoms with van der Waals surface area (Å²) in [6.45, 7) is 3.96. The van der Waals surface area contributed by atoms with E-state index < -0.39 is 0 Å². The SMILES string of the molecule is Cc1ccccc1-c1ncccc1C(=O)N1CCC(C(=O)NCCC2=CCCCC2)CC1. The fourth-order valence-electron chi connectivity index (χ4n) is 4.77. The van der Waals surface area contributed by atoms with E-state index in [-0.39, 0.29) is 17.7 Å². The maximum Gasteiger partial charge on any atom is 0.256 e. The van der Waals surface area contributed by atoms with E-state index in [1.165, 1.54) is 31.3 Å². The van der Waals surface area contributed by atoms with Gasteiger partial charge in [-0.1, -0.05) is 35.9 Å². The van der Waals surface area contributed by atoms with Crippen LogP contribution in [0.5, 0.6) is 0 Å². The van der Waals surface area contributed by atoms with Crippen molar-refractivity contribution in [1.29, 1.82) is 0 Å². The largest absolute Gasteiger partial charge is 0.356 e. The first kappa shape index (κ1) is 22.3. The number of rotatable bonds is 6. The molecule has 0 radical (unpaired) electrons. The summed E-state index contributed by atoms with van der Waals surface area (Å²) >= 11 is 0. The van der Waals surface area contributed by atoms with Crippen molar-refractivity contribution in [2.45, 2.75) is 51.9 Å². The Morgan fingerprint density at radius 1 is 1.09 bits per heavy atom. The van der Waals surface area contributed by atoms with Crippen LogP contribution in [-0.4, -0.2) is 41.3 Å². The van der Waals surface area contributed by atoms with Crippen molar-refractivity contribution in [2.24, 2.45) is 5.92 Å². The molecule has 1 saturated heterocycles. The molecule has 2 amide bonds. The first-order valence-electron chi connectivity index (χ1n) is 11.9. The number of piperidine rings is 1. The van der Waals surface area contributed by atoms with Crippen LogP contribution < -0.4 is 5.32 Å². The number of nitrogens with one attached hydrogen (secondary N) is 1. The molecule has 1 aromatic carbocycles. The summed E-state index contributed by atoms with van der Waals surface area (Å²) in [6.07, 6.45) is 11.4. The Morgan fingerprint density at radius 2 is 1.91 bits per heavy atom. The molecule has 5 nitrogen and oxygen atoms in total. The van der Waals surface area contributed by atoms with Crippen LogP contribution >= 0.6 is 0 Å². The van der Waals surface area contributed by atoms with Gasteiger partial charge in [0.15, 0.2) is 0 Å². The fourth-order valence-corrected chi connectivity index (χ4v) is 4.77. The molecule has 1 aliphatic carbocycles. The molecule has 1 fully saturated rings. The highest BCUT2D eigenvalue weighted by molar-refractivity contribution is 6.00. The van der Waals surface area contributed by atoms with Crippen molar-refractivity contribution in [1.82, 2.24) is 15.2 Å². The predicted molar refractivity (Wildman–Crippen MR) is 127 cm³/mol. The lowest BCUT2D eigenvalue weighted by molar-refractivity contribution is -0.126. The number of benzene rings is 1. The molecule has 4 rings (SSSR count). The molecule has 1 aromatic heterocycles. The van der Waals surface area contributed by atoms with Gasteiger partial charge >= 0.3 is 0 Å². The third kappa shape index (κ3) is 5.26. The van der Waals surface area contributed by atoms with Crippen LogP contribution in [0.4, 0.5) is 0 Å². The van der Waals surface area contributed by atoms with Gasteiger partial charge in [-0.3, -0.25) is 14.6 Å². The van der Waals surface area contributed by atoms with Gasteiger partial charge in [0.2, 0.25) is 5.91 Å². The zero-order valence-electron chi connectivity index (χ0n) is 19.0. The number of hydrogen-bond acceptors (Lipinski definition) is 3. The monoisotopic (exact) mass is 431 g/mol. The van der Waals surface area contributed by atoms with Crippen LogP contribution in [0.1, 0.15) is 60.9 Å². The van der Waals surface area contributed by atoms with Crippen LogP contribution in [0, 0.1) is 12.8 Å². The molecule has 1 aliphatic heterocycles. The summed E-state index contributed by atoms with van der Waals surface area (Å²) in [6, 6.07) is 11.7. The Hall–Kier alpha value is -2.95. The van der Waals surface area contributed by atoms with Crippen LogP contribution in [0.2, 0.25) is 0 Å². The number of nitrogens with zero attached hydrogens (tertiary/aromatic N) is 2. The van der Waals surface area contributed by atoms with E-state index in [1.807, 2.05) is 48.2 Å². The molecule has 2 aliphatic rings. The van der Waals surface area contributed by atoms with E-state index in [4.69, 9.17) is 0 Å². The topological polar surface area (TPSA) is 62.3 Å². The molecule has 0 spiro atoms. The summed E-state index contributed by atoms with van der Waals surface area (Å²) in [5.41, 5.74) is 4.93. The Bertz CT molecular complexity index is 990. The zero-order chi connectivity index (χ0) is 22.3.